The molecule has 56 heavy (non-hydrogen) atoms. The molecule has 4 nitrogen and oxygen atoms in total. The van der Waals surface area contributed by atoms with Crippen LogP contribution in [0.15, 0.2) is 194 Å². The molecule has 3 aromatic heterocycles. The summed E-state index contributed by atoms with van der Waals surface area (Å²) in [6, 6.07) is 68.5. The first kappa shape index (κ1) is 32.2. The zero-order chi connectivity index (χ0) is 37.0. The lowest BCUT2D eigenvalue weighted by Crippen LogP contribution is -2.03. The summed E-state index contributed by atoms with van der Waals surface area (Å²) < 4.78 is 4.99. The van der Waals surface area contributed by atoms with Crippen LogP contribution in [0.5, 0.6) is 0 Å². The summed E-state index contributed by atoms with van der Waals surface area (Å²) >= 11 is 1.86. The highest BCUT2D eigenvalue weighted by atomic mass is 32.1. The van der Waals surface area contributed by atoms with Gasteiger partial charge in [0.15, 0.2) is 17.5 Å². The van der Waals surface area contributed by atoms with Crippen LogP contribution in [0.1, 0.15) is 0 Å². The van der Waals surface area contributed by atoms with Gasteiger partial charge in [0, 0.05) is 47.6 Å². The molecule has 0 aliphatic rings. The van der Waals surface area contributed by atoms with E-state index in [0.29, 0.717) is 17.5 Å². The molecule has 0 saturated carbocycles. The lowest BCUT2D eigenvalue weighted by atomic mass is 10.0. The van der Waals surface area contributed by atoms with E-state index in [1.54, 1.807) is 0 Å². The van der Waals surface area contributed by atoms with Gasteiger partial charge in [0.2, 0.25) is 0 Å². The van der Waals surface area contributed by atoms with E-state index in [2.05, 4.69) is 174 Å². The molecular weight excluding hydrogens is 701 g/mol. The topological polar surface area (TPSA) is 43.6 Å². The fraction of sp³-hybridized carbons (Fsp3) is 0. The van der Waals surface area contributed by atoms with E-state index in [4.69, 9.17) is 15.0 Å². The zero-order valence-electron chi connectivity index (χ0n) is 30.2. The Bertz CT molecular complexity index is 3240. The number of para-hydroxylation sites is 2. The first-order chi connectivity index (χ1) is 27.8. The maximum absolute atomic E-state index is 5.22. The molecule has 0 saturated heterocycles. The highest BCUT2D eigenvalue weighted by Crippen LogP contribution is 2.42. The Balaban J connectivity index is 1.11. The minimum Gasteiger partial charge on any atom is -0.308 e. The third-order valence-electron chi connectivity index (χ3n) is 10.7. The number of hydrogen-bond donors (Lipinski definition) is 0. The van der Waals surface area contributed by atoms with E-state index in [-0.39, 0.29) is 0 Å². The third kappa shape index (κ3) is 5.40. The fourth-order valence-corrected chi connectivity index (χ4v) is 9.25. The van der Waals surface area contributed by atoms with Crippen molar-refractivity contribution in [2.24, 2.45) is 0 Å². The first-order valence-corrected chi connectivity index (χ1v) is 19.6. The van der Waals surface area contributed by atoms with Gasteiger partial charge in [-0.15, -0.1) is 11.3 Å². The van der Waals surface area contributed by atoms with E-state index in [1.807, 2.05) is 35.6 Å². The number of benzene rings is 8. The number of thiophene rings is 1. The van der Waals surface area contributed by atoms with Crippen LogP contribution < -0.4 is 0 Å². The minimum atomic E-state index is 0.619. The second kappa shape index (κ2) is 13.3. The van der Waals surface area contributed by atoms with E-state index in [1.165, 1.54) is 47.6 Å². The second-order valence-electron chi connectivity index (χ2n) is 14.0. The van der Waals surface area contributed by atoms with Crippen LogP contribution in [0.3, 0.4) is 0 Å². The Hall–Kier alpha value is -7.21. The minimum absolute atomic E-state index is 0.619. The standard InChI is InChI=1S/C51H32N4S/c1-3-14-33(15-4-1)34-26-28-36(29-27-34)50-52-49(35-16-5-2-6-17-35)53-51(54-50)43-20-8-11-24-45(43)55-44-23-10-7-18-39(44)40-31-30-37(32-46(40)55)38-21-13-22-42-41-19-9-12-25-47(41)56-48(38)42/h1-32H. The van der Waals surface area contributed by atoms with E-state index in [9.17, 15) is 0 Å². The molecule has 0 spiro atoms. The van der Waals surface area contributed by atoms with Crippen molar-refractivity contribution in [3.8, 4) is 62.1 Å². The Morgan fingerprint density at radius 2 is 0.875 bits per heavy atom. The van der Waals surface area contributed by atoms with Crippen molar-refractivity contribution in [2.75, 3.05) is 0 Å². The van der Waals surface area contributed by atoms with Crippen LogP contribution in [0.2, 0.25) is 0 Å². The zero-order valence-corrected chi connectivity index (χ0v) is 31.0. The second-order valence-corrected chi connectivity index (χ2v) is 15.0. The van der Waals surface area contributed by atoms with E-state index in [0.717, 1.165) is 39.0 Å². The van der Waals surface area contributed by atoms with Crippen LogP contribution >= 0.6 is 11.3 Å². The number of nitrogens with zero attached hydrogens (tertiary/aromatic N) is 4. The van der Waals surface area contributed by atoms with Gasteiger partial charge in [-0.1, -0.05) is 164 Å². The summed E-state index contributed by atoms with van der Waals surface area (Å²) in [6.45, 7) is 0. The van der Waals surface area contributed by atoms with Gasteiger partial charge in [0.1, 0.15) is 0 Å². The molecule has 262 valence electrons. The summed E-state index contributed by atoms with van der Waals surface area (Å²) in [5.74, 6) is 1.88. The van der Waals surface area contributed by atoms with Gasteiger partial charge in [-0.3, -0.25) is 0 Å². The number of rotatable bonds is 6. The third-order valence-corrected chi connectivity index (χ3v) is 11.9. The van der Waals surface area contributed by atoms with Crippen molar-refractivity contribution in [1.82, 2.24) is 19.5 Å². The monoisotopic (exact) mass is 732 g/mol. The molecule has 0 radical (unpaired) electrons. The SMILES string of the molecule is c1ccc(-c2ccc(-c3nc(-c4ccccc4)nc(-c4ccccc4-n4c5ccccc5c5ccc(-c6cccc7c6sc6ccccc67)cc54)n3)cc2)cc1. The molecule has 11 rings (SSSR count). The molecule has 0 fully saturated rings. The average Bonchev–Trinajstić information content (AvgIpc) is 3.82. The van der Waals surface area contributed by atoms with Crippen LogP contribution in [0.25, 0.3) is 104 Å². The molecule has 8 aromatic carbocycles. The van der Waals surface area contributed by atoms with E-state index >= 15 is 0 Å². The predicted octanol–water partition coefficient (Wildman–Crippen LogP) is 13.7. The van der Waals surface area contributed by atoms with Gasteiger partial charge in [-0.05, 0) is 52.6 Å². The normalized spacial score (nSPS) is 11.6. The number of hydrogen-bond acceptors (Lipinski definition) is 4. The maximum atomic E-state index is 5.22. The maximum Gasteiger partial charge on any atom is 0.166 e. The number of aromatic nitrogens is 4. The van der Waals surface area contributed by atoms with Gasteiger partial charge in [-0.2, -0.15) is 0 Å². The van der Waals surface area contributed by atoms with Gasteiger partial charge in [0.25, 0.3) is 0 Å². The van der Waals surface area contributed by atoms with E-state index < -0.39 is 0 Å². The van der Waals surface area contributed by atoms with Crippen molar-refractivity contribution in [3.05, 3.63) is 194 Å². The Kier molecular flexibility index (Phi) is 7.64. The molecule has 0 aliphatic heterocycles. The Morgan fingerprint density at radius 1 is 0.339 bits per heavy atom. The quantitative estimate of drug-likeness (QED) is 0.171. The highest BCUT2D eigenvalue weighted by molar-refractivity contribution is 7.26. The van der Waals surface area contributed by atoms with Gasteiger partial charge < -0.3 is 4.57 Å². The average molecular weight is 733 g/mol. The molecule has 5 heteroatoms. The number of fused-ring (bicyclic) bond motifs is 6. The summed E-state index contributed by atoms with van der Waals surface area (Å²) in [5, 5.41) is 4.99. The van der Waals surface area contributed by atoms with Crippen LogP contribution in [-0.4, -0.2) is 19.5 Å². The summed E-state index contributed by atoms with van der Waals surface area (Å²) in [5.41, 5.74) is 10.8. The first-order valence-electron chi connectivity index (χ1n) is 18.8. The molecule has 0 amide bonds. The largest absolute Gasteiger partial charge is 0.308 e. The molecule has 0 N–H and O–H groups in total. The molecular formula is C51H32N4S. The van der Waals surface area contributed by atoms with Crippen molar-refractivity contribution in [3.63, 3.8) is 0 Å². The van der Waals surface area contributed by atoms with Gasteiger partial charge in [-0.25, -0.2) is 15.0 Å². The predicted molar refractivity (Wildman–Crippen MR) is 234 cm³/mol. The van der Waals surface area contributed by atoms with Gasteiger partial charge >= 0.3 is 0 Å². The lowest BCUT2D eigenvalue weighted by Gasteiger charge is -2.15. The molecule has 0 unspecified atom stereocenters. The van der Waals surface area contributed by atoms with Crippen LogP contribution in [0.4, 0.5) is 0 Å². The summed E-state index contributed by atoms with van der Waals surface area (Å²) in [6.07, 6.45) is 0. The highest BCUT2D eigenvalue weighted by Gasteiger charge is 2.20. The van der Waals surface area contributed by atoms with Crippen LogP contribution in [0, 0.1) is 0 Å². The van der Waals surface area contributed by atoms with Gasteiger partial charge in [0.05, 0.1) is 16.7 Å². The molecule has 0 bridgehead atoms. The Labute approximate surface area is 327 Å². The molecule has 0 aliphatic carbocycles. The Morgan fingerprint density at radius 3 is 1.68 bits per heavy atom. The fourth-order valence-electron chi connectivity index (χ4n) is 8.01. The van der Waals surface area contributed by atoms with Crippen molar-refractivity contribution >= 4 is 53.3 Å². The van der Waals surface area contributed by atoms with Crippen molar-refractivity contribution < 1.29 is 0 Å². The smallest absolute Gasteiger partial charge is 0.166 e. The summed E-state index contributed by atoms with van der Waals surface area (Å²) in [7, 11) is 0. The molecule has 3 heterocycles. The van der Waals surface area contributed by atoms with Crippen molar-refractivity contribution in [1.29, 1.82) is 0 Å². The molecule has 11 aromatic rings. The molecule has 0 atom stereocenters. The van der Waals surface area contributed by atoms with Crippen molar-refractivity contribution in [2.45, 2.75) is 0 Å². The lowest BCUT2D eigenvalue weighted by molar-refractivity contribution is 1.06. The van der Waals surface area contributed by atoms with Crippen LogP contribution in [-0.2, 0) is 0 Å². The summed E-state index contributed by atoms with van der Waals surface area (Å²) in [4.78, 5) is 15.5.